The minimum atomic E-state index is -4.68. The predicted octanol–water partition coefficient (Wildman–Crippen LogP) is 4.16. The fraction of sp³-hybridized carbons (Fsp3) is 0.143. The summed E-state index contributed by atoms with van der Waals surface area (Å²) in [7, 11) is 0. The van der Waals surface area contributed by atoms with E-state index in [1.807, 2.05) is 18.2 Å². The first-order valence-corrected chi connectivity index (χ1v) is 5.55. The van der Waals surface area contributed by atoms with Gasteiger partial charge in [0.05, 0.1) is 0 Å². The van der Waals surface area contributed by atoms with Crippen LogP contribution in [0.4, 0.5) is 13.2 Å². The van der Waals surface area contributed by atoms with Crippen molar-refractivity contribution < 1.29 is 22.6 Å². The second-order valence-electron chi connectivity index (χ2n) is 3.80. The van der Waals surface area contributed by atoms with E-state index in [1.54, 1.807) is 18.2 Å². The molecule has 19 heavy (non-hydrogen) atoms. The maximum Gasteiger partial charge on any atom is 0.573 e. The molecule has 2 aromatic rings. The van der Waals surface area contributed by atoms with Gasteiger partial charge in [-0.25, -0.2) is 0 Å². The topological polar surface area (TPSA) is 18.5 Å². The number of halogens is 3. The third kappa shape index (κ3) is 4.54. The lowest BCUT2D eigenvalue weighted by Crippen LogP contribution is -2.17. The molecule has 0 aliphatic rings. The number of alkyl halides is 3. The van der Waals surface area contributed by atoms with E-state index < -0.39 is 6.36 Å². The van der Waals surface area contributed by atoms with E-state index in [0.717, 1.165) is 0 Å². The normalized spacial score (nSPS) is 11.1. The molecule has 5 heteroatoms. The molecule has 0 heterocycles. The molecule has 0 unspecified atom stereocenters. The number of hydrogen-bond donors (Lipinski definition) is 0. The highest BCUT2D eigenvalue weighted by atomic mass is 19.4. The molecule has 0 spiro atoms. The first-order valence-electron chi connectivity index (χ1n) is 5.55. The molecule has 0 aliphatic heterocycles. The largest absolute Gasteiger partial charge is 0.573 e. The van der Waals surface area contributed by atoms with Crippen LogP contribution in [0, 0.1) is 0 Å². The molecule has 2 nitrogen and oxygen atoms in total. The van der Waals surface area contributed by atoms with Gasteiger partial charge in [-0.3, -0.25) is 0 Å². The molecule has 0 saturated heterocycles. The van der Waals surface area contributed by atoms with E-state index in [4.69, 9.17) is 4.74 Å². The number of para-hydroxylation sites is 1. The van der Waals surface area contributed by atoms with E-state index >= 15 is 0 Å². The van der Waals surface area contributed by atoms with Crippen LogP contribution in [-0.2, 0) is 6.61 Å². The second kappa shape index (κ2) is 5.65. The highest BCUT2D eigenvalue weighted by Crippen LogP contribution is 2.23. The van der Waals surface area contributed by atoms with E-state index in [9.17, 15) is 13.2 Å². The Balaban J connectivity index is 1.99. The van der Waals surface area contributed by atoms with Crippen LogP contribution in [0.2, 0.25) is 0 Å². The lowest BCUT2D eigenvalue weighted by atomic mass is 10.2. The highest BCUT2D eigenvalue weighted by molar-refractivity contribution is 5.29. The SMILES string of the molecule is FC(F)(F)Oc1cccc(COc2ccccc2)c1. The molecular weight excluding hydrogens is 257 g/mol. The van der Waals surface area contributed by atoms with Crippen molar-refractivity contribution >= 4 is 0 Å². The first kappa shape index (κ1) is 13.3. The summed E-state index contributed by atoms with van der Waals surface area (Å²) in [5.41, 5.74) is 0.602. The molecule has 0 N–H and O–H groups in total. The van der Waals surface area contributed by atoms with Crippen LogP contribution in [0.15, 0.2) is 54.6 Å². The maximum atomic E-state index is 12.1. The second-order valence-corrected chi connectivity index (χ2v) is 3.80. The number of ether oxygens (including phenoxy) is 2. The van der Waals surface area contributed by atoms with E-state index in [2.05, 4.69) is 4.74 Å². The van der Waals surface area contributed by atoms with Crippen molar-refractivity contribution in [3.63, 3.8) is 0 Å². The summed E-state index contributed by atoms with van der Waals surface area (Å²) in [6.45, 7) is 0.180. The Hall–Kier alpha value is -2.17. The zero-order valence-electron chi connectivity index (χ0n) is 9.85. The van der Waals surface area contributed by atoms with Gasteiger partial charge in [0, 0.05) is 0 Å². The summed E-state index contributed by atoms with van der Waals surface area (Å²) in [5, 5.41) is 0. The molecule has 0 fully saturated rings. The van der Waals surface area contributed by atoms with Gasteiger partial charge in [-0.15, -0.1) is 13.2 Å². The van der Waals surface area contributed by atoms with Crippen molar-refractivity contribution in [2.45, 2.75) is 13.0 Å². The monoisotopic (exact) mass is 268 g/mol. The van der Waals surface area contributed by atoms with Crippen molar-refractivity contribution in [1.82, 2.24) is 0 Å². The van der Waals surface area contributed by atoms with Gasteiger partial charge in [-0.1, -0.05) is 30.3 Å². The van der Waals surface area contributed by atoms with Crippen molar-refractivity contribution in [3.8, 4) is 11.5 Å². The molecule has 0 radical (unpaired) electrons. The van der Waals surface area contributed by atoms with Crippen molar-refractivity contribution in [3.05, 3.63) is 60.2 Å². The summed E-state index contributed by atoms with van der Waals surface area (Å²) in [6.07, 6.45) is -4.68. The summed E-state index contributed by atoms with van der Waals surface area (Å²) in [4.78, 5) is 0. The van der Waals surface area contributed by atoms with Gasteiger partial charge >= 0.3 is 6.36 Å². The Labute approximate surface area is 108 Å². The molecule has 0 atom stereocenters. The van der Waals surface area contributed by atoms with Crippen molar-refractivity contribution in [1.29, 1.82) is 0 Å². The van der Waals surface area contributed by atoms with Crippen LogP contribution in [0.3, 0.4) is 0 Å². The van der Waals surface area contributed by atoms with Gasteiger partial charge in [0.25, 0.3) is 0 Å². The van der Waals surface area contributed by atoms with Crippen LogP contribution in [-0.4, -0.2) is 6.36 Å². The molecule has 0 amide bonds. The Bertz CT molecular complexity index is 524. The molecule has 0 saturated carbocycles. The number of hydrogen-bond acceptors (Lipinski definition) is 2. The summed E-state index contributed by atoms with van der Waals surface area (Å²) < 4.78 is 45.5. The third-order valence-electron chi connectivity index (χ3n) is 2.28. The first-order chi connectivity index (χ1) is 9.03. The van der Waals surface area contributed by atoms with Crippen LogP contribution >= 0.6 is 0 Å². The molecule has 0 aliphatic carbocycles. The average molecular weight is 268 g/mol. The van der Waals surface area contributed by atoms with Crippen molar-refractivity contribution in [2.75, 3.05) is 0 Å². The molecule has 2 rings (SSSR count). The minimum absolute atomic E-state index is 0.180. The smallest absolute Gasteiger partial charge is 0.489 e. The summed E-state index contributed by atoms with van der Waals surface area (Å²) in [6, 6.07) is 14.8. The van der Waals surface area contributed by atoms with Crippen LogP contribution in [0.5, 0.6) is 11.5 Å². The van der Waals surface area contributed by atoms with Crippen LogP contribution in [0.1, 0.15) is 5.56 Å². The number of benzene rings is 2. The predicted molar refractivity (Wildman–Crippen MR) is 63.9 cm³/mol. The lowest BCUT2D eigenvalue weighted by molar-refractivity contribution is -0.274. The van der Waals surface area contributed by atoms with Gasteiger partial charge in [-0.2, -0.15) is 0 Å². The third-order valence-corrected chi connectivity index (χ3v) is 2.28. The Kier molecular flexibility index (Phi) is 3.94. The minimum Gasteiger partial charge on any atom is -0.489 e. The fourth-order valence-corrected chi connectivity index (χ4v) is 1.52. The molecular formula is C14H11F3O2. The quantitative estimate of drug-likeness (QED) is 0.828. The van der Waals surface area contributed by atoms with E-state index in [0.29, 0.717) is 11.3 Å². The zero-order chi connectivity index (χ0) is 13.7. The summed E-state index contributed by atoms with van der Waals surface area (Å²) in [5.74, 6) is 0.409. The summed E-state index contributed by atoms with van der Waals surface area (Å²) >= 11 is 0. The molecule has 100 valence electrons. The fourth-order valence-electron chi connectivity index (χ4n) is 1.52. The zero-order valence-corrected chi connectivity index (χ0v) is 9.85. The molecule has 0 aromatic heterocycles. The van der Waals surface area contributed by atoms with Gasteiger partial charge < -0.3 is 9.47 Å². The van der Waals surface area contributed by atoms with E-state index in [1.165, 1.54) is 18.2 Å². The number of rotatable bonds is 4. The van der Waals surface area contributed by atoms with E-state index in [-0.39, 0.29) is 12.4 Å². The Morgan fingerprint density at radius 3 is 2.21 bits per heavy atom. The van der Waals surface area contributed by atoms with Gasteiger partial charge in [0.2, 0.25) is 0 Å². The average Bonchev–Trinajstić information content (AvgIpc) is 2.36. The Morgan fingerprint density at radius 1 is 0.842 bits per heavy atom. The van der Waals surface area contributed by atoms with Crippen molar-refractivity contribution in [2.24, 2.45) is 0 Å². The molecule has 0 bridgehead atoms. The lowest BCUT2D eigenvalue weighted by Gasteiger charge is -2.10. The van der Waals surface area contributed by atoms with Gasteiger partial charge in [0.15, 0.2) is 0 Å². The standard InChI is InChI=1S/C14H11F3O2/c15-14(16,17)19-13-8-4-5-11(9-13)10-18-12-6-2-1-3-7-12/h1-9H,10H2. The van der Waals surface area contributed by atoms with Gasteiger partial charge in [0.1, 0.15) is 18.1 Å². The van der Waals surface area contributed by atoms with Crippen LogP contribution in [0.25, 0.3) is 0 Å². The van der Waals surface area contributed by atoms with Crippen LogP contribution < -0.4 is 9.47 Å². The van der Waals surface area contributed by atoms with Gasteiger partial charge in [-0.05, 0) is 29.8 Å². The highest BCUT2D eigenvalue weighted by Gasteiger charge is 2.31. The molecule has 2 aromatic carbocycles. The maximum absolute atomic E-state index is 12.1. The Morgan fingerprint density at radius 2 is 1.53 bits per heavy atom.